The minimum Gasteiger partial charge on any atom is -0.355 e. The summed E-state index contributed by atoms with van der Waals surface area (Å²) in [5.74, 6) is -1.18. The molecule has 0 saturated carbocycles. The van der Waals surface area contributed by atoms with Gasteiger partial charge in [-0.15, -0.1) is 0 Å². The number of rotatable bonds is 12. The van der Waals surface area contributed by atoms with Crippen LogP contribution in [-0.4, -0.2) is 56.3 Å². The third-order valence-corrected chi connectivity index (χ3v) is 7.46. The molecule has 39 heavy (non-hydrogen) atoms. The highest BCUT2D eigenvalue weighted by Gasteiger charge is 2.33. The number of hydrogen-bond donors (Lipinski definition) is 1. The lowest BCUT2D eigenvalue weighted by atomic mass is 10.0. The lowest BCUT2D eigenvalue weighted by Gasteiger charge is -2.33. The van der Waals surface area contributed by atoms with E-state index in [1.165, 1.54) is 24.0 Å². The normalized spacial score (nSPS) is 11.9. The highest BCUT2D eigenvalue weighted by atomic mass is 35.5. The molecule has 3 aromatic rings. The first-order valence-corrected chi connectivity index (χ1v) is 14.7. The third kappa shape index (κ3) is 8.40. The molecule has 3 aromatic carbocycles. The van der Waals surface area contributed by atoms with E-state index in [1.807, 2.05) is 30.3 Å². The second-order valence-corrected chi connectivity index (χ2v) is 11.5. The van der Waals surface area contributed by atoms with Gasteiger partial charge in [-0.3, -0.25) is 18.7 Å². The number of likely N-dealkylation sites (N-methyl/N-ethyl adjacent to an activating group) is 1. The van der Waals surface area contributed by atoms with Crippen molar-refractivity contribution in [3.8, 4) is 0 Å². The molecule has 0 heterocycles. The van der Waals surface area contributed by atoms with E-state index in [-0.39, 0.29) is 30.3 Å². The number of halogens is 1. The van der Waals surface area contributed by atoms with E-state index in [4.69, 9.17) is 11.6 Å². The van der Waals surface area contributed by atoms with Crippen LogP contribution in [0.25, 0.3) is 0 Å². The summed E-state index contributed by atoms with van der Waals surface area (Å²) < 4.78 is 26.6. The molecule has 0 fully saturated rings. The summed E-state index contributed by atoms with van der Waals surface area (Å²) in [6.45, 7) is 2.98. The van der Waals surface area contributed by atoms with Crippen LogP contribution < -0.4 is 9.62 Å². The van der Waals surface area contributed by atoms with Gasteiger partial charge in [0.15, 0.2) is 5.78 Å². The van der Waals surface area contributed by atoms with Crippen molar-refractivity contribution in [1.82, 2.24) is 10.2 Å². The number of nitrogens with one attached hydrogen (secondary N) is 1. The van der Waals surface area contributed by atoms with Crippen LogP contribution in [0, 0.1) is 0 Å². The van der Waals surface area contributed by atoms with Crippen molar-refractivity contribution >= 4 is 44.9 Å². The minimum absolute atomic E-state index is 0.0269. The number of carbonyl (C=O) groups is 3. The first-order chi connectivity index (χ1) is 18.5. The molecule has 1 unspecified atom stereocenters. The van der Waals surface area contributed by atoms with E-state index in [9.17, 15) is 22.8 Å². The van der Waals surface area contributed by atoms with E-state index in [0.717, 1.165) is 16.1 Å². The predicted molar refractivity (Wildman–Crippen MR) is 153 cm³/mol. The van der Waals surface area contributed by atoms with Gasteiger partial charge < -0.3 is 10.2 Å². The fourth-order valence-electron chi connectivity index (χ4n) is 4.17. The molecule has 10 heteroatoms. The number of Topliss-reactive ketones (excluding diaryl/α,β-unsaturated/α-hetero) is 1. The zero-order chi connectivity index (χ0) is 28.6. The fourth-order valence-corrected chi connectivity index (χ4v) is 5.23. The molecular formula is C29H32ClN3O5S. The van der Waals surface area contributed by atoms with E-state index in [0.29, 0.717) is 22.7 Å². The quantitative estimate of drug-likeness (QED) is 0.331. The van der Waals surface area contributed by atoms with Gasteiger partial charge in [0.2, 0.25) is 21.8 Å². The first-order valence-electron chi connectivity index (χ1n) is 12.4. The number of sulfonamides is 1. The van der Waals surface area contributed by atoms with E-state index in [2.05, 4.69) is 5.32 Å². The molecule has 0 saturated heterocycles. The van der Waals surface area contributed by atoms with Crippen LogP contribution in [0.1, 0.15) is 35.3 Å². The Morgan fingerprint density at radius 2 is 1.59 bits per heavy atom. The van der Waals surface area contributed by atoms with Gasteiger partial charge in [-0.25, -0.2) is 8.42 Å². The van der Waals surface area contributed by atoms with Crippen molar-refractivity contribution in [3.63, 3.8) is 0 Å². The maximum absolute atomic E-state index is 14.0. The predicted octanol–water partition coefficient (Wildman–Crippen LogP) is 4.08. The Morgan fingerprint density at radius 1 is 0.923 bits per heavy atom. The topological polar surface area (TPSA) is 104 Å². The molecule has 0 aromatic heterocycles. The number of carbonyl (C=O) groups excluding carboxylic acids is 3. The average Bonchev–Trinajstić information content (AvgIpc) is 2.89. The maximum atomic E-state index is 14.0. The van der Waals surface area contributed by atoms with Crippen LogP contribution in [0.3, 0.4) is 0 Å². The van der Waals surface area contributed by atoms with E-state index >= 15 is 0 Å². The second kappa shape index (κ2) is 13.4. The van der Waals surface area contributed by atoms with Crippen LogP contribution >= 0.6 is 11.6 Å². The zero-order valence-corrected chi connectivity index (χ0v) is 23.7. The van der Waals surface area contributed by atoms with Gasteiger partial charge in [0.1, 0.15) is 12.6 Å². The highest BCUT2D eigenvalue weighted by molar-refractivity contribution is 7.92. The highest BCUT2D eigenvalue weighted by Crippen LogP contribution is 2.22. The van der Waals surface area contributed by atoms with Gasteiger partial charge in [0, 0.05) is 30.1 Å². The van der Waals surface area contributed by atoms with Crippen molar-refractivity contribution in [1.29, 1.82) is 0 Å². The van der Waals surface area contributed by atoms with Gasteiger partial charge in [0.05, 0.1) is 11.9 Å². The molecule has 0 bridgehead atoms. The summed E-state index contributed by atoms with van der Waals surface area (Å²) in [4.78, 5) is 40.6. The van der Waals surface area contributed by atoms with Crippen molar-refractivity contribution in [3.05, 3.63) is 101 Å². The summed E-state index contributed by atoms with van der Waals surface area (Å²) >= 11 is 6.20. The number of benzene rings is 3. The van der Waals surface area contributed by atoms with Gasteiger partial charge in [-0.2, -0.15) is 0 Å². The monoisotopic (exact) mass is 569 g/mol. The molecule has 0 spiro atoms. The Kier molecular flexibility index (Phi) is 10.3. The Bertz CT molecular complexity index is 1430. The van der Waals surface area contributed by atoms with Crippen LogP contribution in [0.2, 0.25) is 5.02 Å². The number of amides is 2. The molecule has 1 atom stereocenters. The molecule has 8 nitrogen and oxygen atoms in total. The number of hydrogen-bond acceptors (Lipinski definition) is 5. The Balaban J connectivity index is 2.06. The van der Waals surface area contributed by atoms with Crippen molar-refractivity contribution in [2.45, 2.75) is 32.9 Å². The summed E-state index contributed by atoms with van der Waals surface area (Å²) in [7, 11) is -3.93. The molecule has 206 valence electrons. The summed E-state index contributed by atoms with van der Waals surface area (Å²) in [5.41, 5.74) is 2.02. The first kappa shape index (κ1) is 29.9. The van der Waals surface area contributed by atoms with Crippen LogP contribution in [0.5, 0.6) is 0 Å². The van der Waals surface area contributed by atoms with Gasteiger partial charge in [0.25, 0.3) is 0 Å². The lowest BCUT2D eigenvalue weighted by Crippen LogP contribution is -2.53. The van der Waals surface area contributed by atoms with Crippen LogP contribution in [0.4, 0.5) is 5.69 Å². The molecular weight excluding hydrogens is 538 g/mol. The largest absolute Gasteiger partial charge is 0.355 e. The van der Waals surface area contributed by atoms with Gasteiger partial charge >= 0.3 is 0 Å². The van der Waals surface area contributed by atoms with Crippen LogP contribution in [0.15, 0.2) is 78.9 Å². The Morgan fingerprint density at radius 3 is 2.21 bits per heavy atom. The summed E-state index contributed by atoms with van der Waals surface area (Å²) in [5, 5.41) is 3.27. The SMILES string of the molecule is CCNC(=O)C(Cc1ccccc1)N(Cc1cccc(Cl)c1)C(=O)CN(c1cccc(C(C)=O)c1)S(C)(=O)=O. The van der Waals surface area contributed by atoms with E-state index in [1.54, 1.807) is 43.3 Å². The number of anilines is 1. The molecule has 3 rings (SSSR count). The van der Waals surface area contributed by atoms with Gasteiger partial charge in [-0.05, 0) is 49.2 Å². The fraction of sp³-hybridized carbons (Fsp3) is 0.276. The number of nitrogens with zero attached hydrogens (tertiary/aromatic N) is 2. The van der Waals surface area contributed by atoms with Gasteiger partial charge in [-0.1, -0.05) is 66.2 Å². The molecule has 0 radical (unpaired) electrons. The number of ketones is 1. The summed E-state index contributed by atoms with van der Waals surface area (Å²) in [6.07, 6.45) is 1.21. The summed E-state index contributed by atoms with van der Waals surface area (Å²) in [6, 6.07) is 21.4. The standard InChI is InChI=1S/C29H32ClN3O5S/c1-4-31-29(36)27(17-22-10-6-5-7-11-22)32(19-23-12-8-14-25(30)16-23)28(35)20-33(39(3,37)38)26-15-9-13-24(18-26)21(2)34/h5-16,18,27H,4,17,19-20H2,1-3H3,(H,31,36). The molecule has 0 aliphatic heterocycles. The molecule has 1 N–H and O–H groups in total. The van der Waals surface area contributed by atoms with Crippen molar-refractivity contribution in [2.24, 2.45) is 0 Å². The van der Waals surface area contributed by atoms with Crippen molar-refractivity contribution in [2.75, 3.05) is 23.7 Å². The second-order valence-electron chi connectivity index (χ2n) is 9.13. The van der Waals surface area contributed by atoms with Crippen molar-refractivity contribution < 1.29 is 22.8 Å². The average molecular weight is 570 g/mol. The molecule has 2 amide bonds. The minimum atomic E-state index is -3.93. The lowest BCUT2D eigenvalue weighted by molar-refractivity contribution is -0.140. The Labute approximate surface area is 234 Å². The maximum Gasteiger partial charge on any atom is 0.244 e. The van der Waals surface area contributed by atoms with E-state index < -0.39 is 28.5 Å². The third-order valence-electron chi connectivity index (χ3n) is 6.08. The smallest absolute Gasteiger partial charge is 0.244 e. The van der Waals surface area contributed by atoms with Crippen LogP contribution in [-0.2, 0) is 32.6 Å². The Hall–Kier alpha value is -3.69. The zero-order valence-electron chi connectivity index (χ0n) is 22.1. The molecule has 0 aliphatic carbocycles. The molecule has 0 aliphatic rings.